The van der Waals surface area contributed by atoms with E-state index in [4.69, 9.17) is 0 Å². The van der Waals surface area contributed by atoms with Crippen LogP contribution in [0.25, 0.3) is 0 Å². The number of benzene rings is 1. The maximum absolute atomic E-state index is 12.3. The van der Waals surface area contributed by atoms with Gasteiger partial charge in [-0.15, -0.1) is 0 Å². The molecule has 1 atom stereocenters. The number of hydrogen-bond acceptors (Lipinski definition) is 3. The summed E-state index contributed by atoms with van der Waals surface area (Å²) in [4.78, 5) is 4.30. The number of nitrogens with one attached hydrogen (secondary N) is 1. The number of sulfonamides is 1. The number of hydrogen-bond donors (Lipinski definition) is 1. The Labute approximate surface area is 126 Å². The van der Waals surface area contributed by atoms with Gasteiger partial charge < -0.3 is 0 Å². The average Bonchev–Trinajstić information content (AvgIpc) is 2.49. The lowest BCUT2D eigenvalue weighted by atomic mass is 9.99. The van der Waals surface area contributed by atoms with E-state index in [1.165, 1.54) is 0 Å². The van der Waals surface area contributed by atoms with Crippen LogP contribution in [0.15, 0.2) is 47.5 Å². The molecule has 0 amide bonds. The number of nitrogens with zero attached hydrogens (tertiary/aromatic N) is 1. The van der Waals surface area contributed by atoms with E-state index in [1.54, 1.807) is 24.4 Å². The molecule has 0 aliphatic carbocycles. The molecular formula is C16H20N2O2S. The van der Waals surface area contributed by atoms with E-state index in [2.05, 4.69) is 23.6 Å². The highest BCUT2D eigenvalue weighted by Gasteiger charge is 2.15. The molecule has 0 saturated carbocycles. The summed E-state index contributed by atoms with van der Waals surface area (Å²) < 4.78 is 27.1. The normalized spacial score (nSPS) is 12.9. The summed E-state index contributed by atoms with van der Waals surface area (Å²) in [7, 11) is -3.59. The molecule has 0 bridgehead atoms. The molecule has 0 fully saturated rings. The topological polar surface area (TPSA) is 59.1 Å². The second-order valence-electron chi connectivity index (χ2n) is 5.20. The van der Waals surface area contributed by atoms with Crippen LogP contribution in [-0.2, 0) is 10.0 Å². The van der Waals surface area contributed by atoms with Crippen molar-refractivity contribution in [3.8, 4) is 0 Å². The molecule has 5 heteroatoms. The third kappa shape index (κ3) is 3.82. The van der Waals surface area contributed by atoms with Crippen LogP contribution in [0.4, 0.5) is 5.82 Å². The third-order valence-electron chi connectivity index (χ3n) is 3.52. The first-order valence-corrected chi connectivity index (χ1v) is 8.46. The fraction of sp³-hybridized carbons (Fsp3) is 0.312. The molecule has 112 valence electrons. The SMILES string of the molecule is CC[C@H](C)c1ccc(S(=O)(=O)Nc2ccc(C)cn2)cc1. The molecule has 1 N–H and O–H groups in total. The Morgan fingerprint density at radius 1 is 1.14 bits per heavy atom. The van der Waals surface area contributed by atoms with Gasteiger partial charge in [-0.2, -0.15) is 0 Å². The lowest BCUT2D eigenvalue weighted by Crippen LogP contribution is -2.14. The van der Waals surface area contributed by atoms with Gasteiger partial charge in [0.25, 0.3) is 10.0 Å². The smallest absolute Gasteiger partial charge is 0.263 e. The van der Waals surface area contributed by atoms with Gasteiger partial charge in [0.05, 0.1) is 4.90 Å². The molecule has 0 radical (unpaired) electrons. The van der Waals surface area contributed by atoms with Crippen molar-refractivity contribution in [2.45, 2.75) is 38.0 Å². The van der Waals surface area contributed by atoms with E-state index in [-0.39, 0.29) is 4.90 Å². The Morgan fingerprint density at radius 3 is 2.33 bits per heavy atom. The second-order valence-corrected chi connectivity index (χ2v) is 6.89. The molecule has 4 nitrogen and oxygen atoms in total. The van der Waals surface area contributed by atoms with Crippen molar-refractivity contribution >= 4 is 15.8 Å². The third-order valence-corrected chi connectivity index (χ3v) is 4.89. The molecule has 0 saturated heterocycles. The van der Waals surface area contributed by atoms with Gasteiger partial charge in [0.1, 0.15) is 5.82 Å². The van der Waals surface area contributed by atoms with E-state index < -0.39 is 10.0 Å². The maximum atomic E-state index is 12.3. The van der Waals surface area contributed by atoms with Crippen molar-refractivity contribution in [2.24, 2.45) is 0 Å². The zero-order chi connectivity index (χ0) is 15.5. The number of anilines is 1. The van der Waals surface area contributed by atoms with E-state index in [9.17, 15) is 8.42 Å². The van der Waals surface area contributed by atoms with Gasteiger partial charge in [0.15, 0.2) is 0 Å². The Hall–Kier alpha value is -1.88. The summed E-state index contributed by atoms with van der Waals surface area (Å²) in [6.45, 7) is 6.14. The molecule has 1 aromatic heterocycles. The van der Waals surface area contributed by atoms with Crippen molar-refractivity contribution < 1.29 is 8.42 Å². The largest absolute Gasteiger partial charge is 0.263 e. The van der Waals surface area contributed by atoms with Gasteiger partial charge in [-0.05, 0) is 48.6 Å². The molecule has 0 spiro atoms. The summed E-state index contributed by atoms with van der Waals surface area (Å²) in [6.07, 6.45) is 2.65. The van der Waals surface area contributed by atoms with Gasteiger partial charge in [0, 0.05) is 6.20 Å². The Bertz CT molecular complexity index is 692. The zero-order valence-corrected chi connectivity index (χ0v) is 13.3. The first kappa shape index (κ1) is 15.5. The highest BCUT2D eigenvalue weighted by molar-refractivity contribution is 7.92. The molecule has 1 aromatic carbocycles. The highest BCUT2D eigenvalue weighted by atomic mass is 32.2. The molecule has 21 heavy (non-hydrogen) atoms. The van der Waals surface area contributed by atoms with E-state index >= 15 is 0 Å². The molecule has 0 unspecified atom stereocenters. The maximum Gasteiger partial charge on any atom is 0.263 e. The fourth-order valence-electron chi connectivity index (χ4n) is 1.94. The van der Waals surface area contributed by atoms with Gasteiger partial charge in [-0.25, -0.2) is 13.4 Å². The second kappa shape index (κ2) is 6.26. The van der Waals surface area contributed by atoms with Gasteiger partial charge >= 0.3 is 0 Å². The van der Waals surface area contributed by atoms with E-state index in [0.29, 0.717) is 11.7 Å². The van der Waals surface area contributed by atoms with Crippen LogP contribution in [0.2, 0.25) is 0 Å². The summed E-state index contributed by atoms with van der Waals surface area (Å²) in [5.41, 5.74) is 2.13. The lowest BCUT2D eigenvalue weighted by molar-refractivity contribution is 0.601. The van der Waals surface area contributed by atoms with Gasteiger partial charge in [-0.3, -0.25) is 4.72 Å². The minimum atomic E-state index is -3.59. The monoisotopic (exact) mass is 304 g/mol. The first-order chi connectivity index (χ1) is 9.92. The Balaban J connectivity index is 2.21. The summed E-state index contributed by atoms with van der Waals surface area (Å²) in [5, 5.41) is 0. The number of rotatable bonds is 5. The van der Waals surface area contributed by atoms with Crippen LogP contribution in [0.5, 0.6) is 0 Å². The van der Waals surface area contributed by atoms with Crippen LogP contribution in [0, 0.1) is 6.92 Å². The molecule has 2 rings (SSSR count). The quantitative estimate of drug-likeness (QED) is 0.916. The van der Waals surface area contributed by atoms with Gasteiger partial charge in [0.2, 0.25) is 0 Å². The average molecular weight is 304 g/mol. The first-order valence-electron chi connectivity index (χ1n) is 6.98. The zero-order valence-electron chi connectivity index (χ0n) is 12.5. The van der Waals surface area contributed by atoms with Crippen LogP contribution in [-0.4, -0.2) is 13.4 Å². The van der Waals surface area contributed by atoms with Crippen LogP contribution in [0.1, 0.15) is 37.3 Å². The van der Waals surface area contributed by atoms with Crippen LogP contribution in [0.3, 0.4) is 0 Å². The fourth-order valence-corrected chi connectivity index (χ4v) is 2.94. The van der Waals surface area contributed by atoms with Crippen molar-refractivity contribution in [1.82, 2.24) is 4.98 Å². The predicted molar refractivity (Wildman–Crippen MR) is 84.9 cm³/mol. The summed E-state index contributed by atoms with van der Waals surface area (Å²) >= 11 is 0. The van der Waals surface area contributed by atoms with Crippen LogP contribution >= 0.6 is 0 Å². The van der Waals surface area contributed by atoms with E-state index in [1.807, 2.05) is 25.1 Å². The Kier molecular flexibility index (Phi) is 4.63. The minimum Gasteiger partial charge on any atom is -0.263 e. The van der Waals surface area contributed by atoms with Crippen molar-refractivity contribution in [3.63, 3.8) is 0 Å². The number of pyridine rings is 1. The summed E-state index contributed by atoms with van der Waals surface area (Å²) in [5.74, 6) is 0.750. The molecule has 0 aliphatic heterocycles. The molecule has 0 aliphatic rings. The van der Waals surface area contributed by atoms with Crippen LogP contribution < -0.4 is 4.72 Å². The molecule has 2 aromatic rings. The number of aryl methyl sites for hydroxylation is 1. The molecule has 1 heterocycles. The minimum absolute atomic E-state index is 0.247. The predicted octanol–water partition coefficient (Wildman–Crippen LogP) is 3.70. The van der Waals surface area contributed by atoms with Gasteiger partial charge in [-0.1, -0.05) is 32.0 Å². The Morgan fingerprint density at radius 2 is 1.81 bits per heavy atom. The molecular weight excluding hydrogens is 284 g/mol. The van der Waals surface area contributed by atoms with Crippen molar-refractivity contribution in [2.75, 3.05) is 4.72 Å². The summed E-state index contributed by atoms with van der Waals surface area (Å²) in [6, 6.07) is 10.5. The van der Waals surface area contributed by atoms with E-state index in [0.717, 1.165) is 17.5 Å². The standard InChI is InChI=1S/C16H20N2O2S/c1-4-13(3)14-6-8-15(9-7-14)21(19,20)18-16-10-5-12(2)11-17-16/h5-11,13H,4H2,1-3H3,(H,17,18)/t13-/m0/s1. The van der Waals surface area contributed by atoms with Crippen molar-refractivity contribution in [3.05, 3.63) is 53.7 Å². The number of aromatic nitrogens is 1. The van der Waals surface area contributed by atoms with Crippen molar-refractivity contribution in [1.29, 1.82) is 0 Å². The lowest BCUT2D eigenvalue weighted by Gasteiger charge is -2.11. The highest BCUT2D eigenvalue weighted by Crippen LogP contribution is 2.21.